The number of aryl methyl sites for hydroxylation is 1. The topological polar surface area (TPSA) is 93.3 Å². The molecule has 0 aliphatic carbocycles. The fourth-order valence-corrected chi connectivity index (χ4v) is 5.17. The molecule has 1 fully saturated rings. The number of H-pyrrole nitrogens is 1. The summed E-state index contributed by atoms with van der Waals surface area (Å²) in [6.07, 6.45) is 5.09. The quantitative estimate of drug-likeness (QED) is 0.575. The van der Waals surface area contributed by atoms with Crippen molar-refractivity contribution in [2.24, 2.45) is 5.92 Å². The molecule has 7 nitrogen and oxygen atoms in total. The highest BCUT2D eigenvalue weighted by Gasteiger charge is 2.22. The van der Waals surface area contributed by atoms with Gasteiger partial charge in [-0.3, -0.25) is 0 Å². The van der Waals surface area contributed by atoms with Crippen molar-refractivity contribution < 1.29 is 17.9 Å². The van der Waals surface area contributed by atoms with Crippen molar-refractivity contribution in [1.82, 2.24) is 14.7 Å². The Balaban J connectivity index is 1.51. The Kier molecular flexibility index (Phi) is 7.83. The molecule has 0 spiro atoms. The molecule has 160 valence electrons. The third kappa shape index (κ3) is 6.37. The molecule has 1 atom stereocenters. The average Bonchev–Trinajstić information content (AvgIpc) is 3.22. The highest BCUT2D eigenvalue weighted by molar-refractivity contribution is 7.89. The Morgan fingerprint density at radius 2 is 2.10 bits per heavy atom. The number of nitrogens with zero attached hydrogens (tertiary/aromatic N) is 1. The van der Waals surface area contributed by atoms with Crippen LogP contribution in [0.3, 0.4) is 0 Å². The number of sulfonamides is 1. The minimum absolute atomic E-state index is 0.0243. The van der Waals surface area contributed by atoms with Gasteiger partial charge in [0.1, 0.15) is 0 Å². The van der Waals surface area contributed by atoms with Crippen molar-refractivity contribution in [3.05, 3.63) is 53.1 Å². The number of aromatic nitrogens is 2. The Hall–Kier alpha value is -1.74. The first-order valence-electron chi connectivity index (χ1n) is 10.1. The van der Waals surface area contributed by atoms with E-state index < -0.39 is 10.0 Å². The average molecular weight is 422 g/mol. The van der Waals surface area contributed by atoms with Crippen molar-refractivity contribution in [2.45, 2.75) is 32.6 Å². The molecule has 0 bridgehead atoms. The van der Waals surface area contributed by atoms with Crippen LogP contribution in [0.15, 0.2) is 30.7 Å². The summed E-state index contributed by atoms with van der Waals surface area (Å²) in [6.45, 7) is 6.55. The first-order valence-corrected chi connectivity index (χ1v) is 11.8. The summed E-state index contributed by atoms with van der Waals surface area (Å²) in [6, 6.07) is 6.25. The second-order valence-electron chi connectivity index (χ2n) is 7.66. The van der Waals surface area contributed by atoms with E-state index in [4.69, 9.17) is 9.47 Å². The van der Waals surface area contributed by atoms with Crippen molar-refractivity contribution in [3.8, 4) is 0 Å². The Morgan fingerprint density at radius 3 is 2.83 bits per heavy atom. The number of nitrogens with one attached hydrogen (secondary N) is 2. The zero-order chi connectivity index (χ0) is 20.7. The summed E-state index contributed by atoms with van der Waals surface area (Å²) in [5.74, 6) is 0.364. The van der Waals surface area contributed by atoms with E-state index in [-0.39, 0.29) is 24.1 Å². The van der Waals surface area contributed by atoms with Crippen LogP contribution in [0, 0.1) is 19.8 Å². The number of rotatable bonds is 10. The lowest BCUT2D eigenvalue weighted by molar-refractivity contribution is 0.0722. The minimum Gasteiger partial charge on any atom is -0.381 e. The zero-order valence-electron chi connectivity index (χ0n) is 17.2. The van der Waals surface area contributed by atoms with Crippen molar-refractivity contribution in [1.29, 1.82) is 0 Å². The molecule has 2 aromatic rings. The third-order valence-electron chi connectivity index (χ3n) is 5.57. The molecule has 2 N–H and O–H groups in total. The van der Waals surface area contributed by atoms with Crippen LogP contribution in [0.25, 0.3) is 0 Å². The van der Waals surface area contributed by atoms with Gasteiger partial charge in [-0.25, -0.2) is 18.1 Å². The van der Waals surface area contributed by atoms with Gasteiger partial charge < -0.3 is 14.5 Å². The van der Waals surface area contributed by atoms with E-state index >= 15 is 0 Å². The molecule has 1 aliphatic rings. The van der Waals surface area contributed by atoms with Gasteiger partial charge in [0.2, 0.25) is 10.0 Å². The van der Waals surface area contributed by atoms with Gasteiger partial charge in [0.05, 0.1) is 25.3 Å². The Labute approximate surface area is 173 Å². The van der Waals surface area contributed by atoms with Gasteiger partial charge in [0, 0.05) is 37.6 Å². The largest absolute Gasteiger partial charge is 0.381 e. The second kappa shape index (κ2) is 10.3. The van der Waals surface area contributed by atoms with Gasteiger partial charge in [-0.1, -0.05) is 18.2 Å². The molecule has 0 amide bonds. The zero-order valence-corrected chi connectivity index (χ0v) is 18.0. The number of hydrogen-bond donors (Lipinski definition) is 2. The summed E-state index contributed by atoms with van der Waals surface area (Å²) in [5, 5.41) is 0. The predicted molar refractivity (Wildman–Crippen MR) is 112 cm³/mol. The highest BCUT2D eigenvalue weighted by atomic mass is 32.2. The Morgan fingerprint density at radius 1 is 1.31 bits per heavy atom. The van der Waals surface area contributed by atoms with E-state index in [1.807, 2.05) is 12.3 Å². The summed E-state index contributed by atoms with van der Waals surface area (Å²) < 4.78 is 38.3. The van der Waals surface area contributed by atoms with E-state index in [9.17, 15) is 8.42 Å². The van der Waals surface area contributed by atoms with Gasteiger partial charge in [-0.05, 0) is 49.3 Å². The summed E-state index contributed by atoms with van der Waals surface area (Å²) in [5.41, 5.74) is 4.63. The molecular formula is C21H31N3O4S. The summed E-state index contributed by atoms with van der Waals surface area (Å²) in [7, 11) is -3.29. The third-order valence-corrected chi connectivity index (χ3v) is 7.12. The first kappa shape index (κ1) is 22.0. The number of ether oxygens (including phenoxy) is 2. The number of imidazole rings is 1. The Bertz CT molecular complexity index is 862. The van der Waals surface area contributed by atoms with Crippen LogP contribution >= 0.6 is 0 Å². The monoisotopic (exact) mass is 421 g/mol. The molecule has 8 heteroatoms. The van der Waals surface area contributed by atoms with Crippen LogP contribution in [-0.2, 0) is 19.5 Å². The standard InChI is InChI=1S/C21H31N3O4S/c1-16-4-3-5-19(17(16)2)20(21-12-22-15-23-21)13-28-11-8-24-29(25,26)14-18-6-9-27-10-7-18/h3-5,12,15,18,20,24H,6-11,13-14H2,1-2H3,(H,22,23). The maximum Gasteiger partial charge on any atom is 0.211 e. The molecule has 29 heavy (non-hydrogen) atoms. The van der Waals surface area contributed by atoms with Crippen molar-refractivity contribution in [2.75, 3.05) is 38.7 Å². The van der Waals surface area contributed by atoms with Crippen LogP contribution in [-0.4, -0.2) is 57.1 Å². The van der Waals surface area contributed by atoms with E-state index in [1.165, 1.54) is 16.7 Å². The molecule has 0 saturated carbocycles. The van der Waals surface area contributed by atoms with E-state index in [0.717, 1.165) is 18.5 Å². The van der Waals surface area contributed by atoms with Crippen LogP contribution < -0.4 is 4.72 Å². The molecule has 1 aromatic carbocycles. The second-order valence-corrected chi connectivity index (χ2v) is 9.51. The van der Waals surface area contributed by atoms with Crippen LogP contribution in [0.5, 0.6) is 0 Å². The fraction of sp³-hybridized carbons (Fsp3) is 0.571. The fourth-order valence-electron chi connectivity index (χ4n) is 3.71. The molecule has 3 rings (SSSR count). The number of hydrogen-bond acceptors (Lipinski definition) is 5. The van der Waals surface area contributed by atoms with E-state index in [1.54, 1.807) is 6.33 Å². The molecule has 1 unspecified atom stereocenters. The molecule has 1 aliphatic heterocycles. The maximum atomic E-state index is 12.3. The van der Waals surface area contributed by atoms with E-state index in [0.29, 0.717) is 26.4 Å². The summed E-state index contributed by atoms with van der Waals surface area (Å²) >= 11 is 0. The lowest BCUT2D eigenvalue weighted by Gasteiger charge is -2.22. The van der Waals surface area contributed by atoms with Crippen molar-refractivity contribution >= 4 is 10.0 Å². The number of aromatic amines is 1. The van der Waals surface area contributed by atoms with Crippen LogP contribution in [0.2, 0.25) is 0 Å². The molecule has 2 heterocycles. The van der Waals surface area contributed by atoms with E-state index in [2.05, 4.69) is 40.7 Å². The van der Waals surface area contributed by atoms with Gasteiger partial charge in [0.25, 0.3) is 0 Å². The van der Waals surface area contributed by atoms with Gasteiger partial charge in [0.15, 0.2) is 0 Å². The van der Waals surface area contributed by atoms with Gasteiger partial charge in [-0.2, -0.15) is 0 Å². The lowest BCUT2D eigenvalue weighted by Crippen LogP contribution is -2.34. The molecule has 1 aromatic heterocycles. The van der Waals surface area contributed by atoms with Crippen LogP contribution in [0.1, 0.15) is 41.1 Å². The van der Waals surface area contributed by atoms with Crippen LogP contribution in [0.4, 0.5) is 0 Å². The SMILES string of the molecule is Cc1cccc(C(COCCNS(=O)(=O)CC2CCOCC2)c2cnc[nH]2)c1C. The smallest absolute Gasteiger partial charge is 0.211 e. The minimum atomic E-state index is -3.29. The molecule has 0 radical (unpaired) electrons. The highest BCUT2D eigenvalue weighted by Crippen LogP contribution is 2.27. The van der Waals surface area contributed by atoms with Crippen molar-refractivity contribution in [3.63, 3.8) is 0 Å². The number of benzene rings is 1. The predicted octanol–water partition coefficient (Wildman–Crippen LogP) is 2.52. The lowest BCUT2D eigenvalue weighted by atomic mass is 9.91. The normalized spacial score (nSPS) is 16.8. The first-order chi connectivity index (χ1) is 14.0. The summed E-state index contributed by atoms with van der Waals surface area (Å²) in [4.78, 5) is 7.32. The molecule has 1 saturated heterocycles. The van der Waals surface area contributed by atoms with Gasteiger partial charge in [-0.15, -0.1) is 0 Å². The maximum absolute atomic E-state index is 12.3. The molecular weight excluding hydrogens is 390 g/mol. The van der Waals surface area contributed by atoms with Gasteiger partial charge >= 0.3 is 0 Å².